The van der Waals surface area contributed by atoms with E-state index in [0.717, 1.165) is 67.8 Å². The van der Waals surface area contributed by atoms with Crippen LogP contribution in [0.25, 0.3) is 0 Å². The number of halogens is 2. The van der Waals surface area contributed by atoms with Crippen molar-refractivity contribution in [2.45, 2.75) is 63.6 Å². The van der Waals surface area contributed by atoms with Crippen LogP contribution in [-0.4, -0.2) is 127 Å². The summed E-state index contributed by atoms with van der Waals surface area (Å²) in [5.41, 5.74) is 3.50. The lowest BCUT2D eigenvalue weighted by molar-refractivity contribution is -0.143. The van der Waals surface area contributed by atoms with Gasteiger partial charge in [-0.15, -0.1) is 0 Å². The smallest absolute Gasteiger partial charge is 0.410 e. The maximum absolute atomic E-state index is 14.0. The number of rotatable bonds is 6. The monoisotopic (exact) mass is 684 g/mol. The number of hydrogen-bond acceptors (Lipinski definition) is 6. The number of hydrogen-bond donors (Lipinski definition) is 1. The van der Waals surface area contributed by atoms with Crippen LogP contribution < -0.4 is 5.32 Å². The molecule has 0 radical (unpaired) electrons. The van der Waals surface area contributed by atoms with Gasteiger partial charge in [0.1, 0.15) is 0 Å². The van der Waals surface area contributed by atoms with E-state index in [4.69, 9.17) is 27.9 Å². The molecular weight excluding hydrogens is 639 g/mol. The fraction of sp³-hybridized carbons (Fsp3) is 0.571. The normalized spacial score (nSPS) is 21.2. The second kappa shape index (κ2) is 15.0. The minimum atomic E-state index is -1.00. The summed E-state index contributed by atoms with van der Waals surface area (Å²) in [6, 6.07) is 11.9. The molecule has 47 heavy (non-hydrogen) atoms. The highest BCUT2D eigenvalue weighted by atomic mass is 35.5. The molecule has 254 valence electrons. The Labute approximate surface area is 287 Å². The number of ether oxygens (including phenoxy) is 1. The van der Waals surface area contributed by atoms with E-state index in [1.165, 1.54) is 0 Å². The Morgan fingerprint density at radius 2 is 1.51 bits per heavy atom. The molecule has 1 atom stereocenters. The molecule has 4 aliphatic rings. The molecule has 2 aromatic rings. The molecule has 0 saturated carbocycles. The van der Waals surface area contributed by atoms with Gasteiger partial charge in [-0.1, -0.05) is 41.4 Å². The highest BCUT2D eigenvalue weighted by molar-refractivity contribution is 6.36. The molecule has 0 aromatic heterocycles. The largest absolute Gasteiger partial charge is 0.436 e. The first-order valence-electron chi connectivity index (χ1n) is 16.9. The Bertz CT molecular complexity index is 1430. The topological polar surface area (TPSA) is 88.7 Å². The van der Waals surface area contributed by atoms with Crippen LogP contribution in [0.1, 0.15) is 42.4 Å². The molecule has 4 amide bonds. The maximum atomic E-state index is 14.0. The number of nitrogens with one attached hydrogen (secondary N) is 1. The van der Waals surface area contributed by atoms with Crippen LogP contribution in [0.15, 0.2) is 36.4 Å². The van der Waals surface area contributed by atoms with E-state index in [0.29, 0.717) is 61.7 Å². The lowest BCUT2D eigenvalue weighted by Gasteiger charge is -2.42. The Balaban J connectivity index is 1.08. The van der Waals surface area contributed by atoms with Crippen LogP contribution in [0, 0.1) is 6.92 Å². The molecule has 1 N–H and O–H groups in total. The zero-order valence-electron chi connectivity index (χ0n) is 27.4. The standard InChI is InChI=1S/C35H46Cl2N6O4/c1-24-29(36)21-25(22-30(24)37)23-32(33(44)41-19-17-40(18-20-41)27-8-12-39(2)13-9-27)47-35(46)42-14-10-28(11-15-42)43-16-7-26-5-3-4-6-31(26)38-34(43)45/h3-6,21-22,27-28,32H,7-20,23H2,1-2H3,(H,38,45)/t32-/m1/s1. The summed E-state index contributed by atoms with van der Waals surface area (Å²) in [4.78, 5) is 50.9. The molecule has 3 fully saturated rings. The molecule has 0 unspecified atom stereocenters. The number of anilines is 1. The number of carbonyl (C=O) groups is 3. The van der Waals surface area contributed by atoms with Gasteiger partial charge in [0.05, 0.1) is 0 Å². The summed E-state index contributed by atoms with van der Waals surface area (Å²) in [5, 5.41) is 4.07. The number of piperidine rings is 2. The van der Waals surface area contributed by atoms with Crippen molar-refractivity contribution in [1.29, 1.82) is 0 Å². The van der Waals surface area contributed by atoms with E-state index in [2.05, 4.69) is 22.2 Å². The van der Waals surface area contributed by atoms with Gasteiger partial charge in [-0.25, -0.2) is 9.59 Å². The molecule has 0 bridgehead atoms. The van der Waals surface area contributed by atoms with Crippen LogP contribution in [0.4, 0.5) is 15.3 Å². The number of nitrogens with zero attached hydrogens (tertiary/aromatic N) is 5. The van der Waals surface area contributed by atoms with Crippen molar-refractivity contribution in [2.75, 3.05) is 71.3 Å². The molecule has 6 rings (SSSR count). The first kappa shape index (κ1) is 33.8. The fourth-order valence-corrected chi connectivity index (χ4v) is 7.91. The van der Waals surface area contributed by atoms with Gasteiger partial charge in [0.25, 0.3) is 5.91 Å². The van der Waals surface area contributed by atoms with Crippen LogP contribution in [0.3, 0.4) is 0 Å². The molecule has 10 nitrogen and oxygen atoms in total. The predicted octanol–water partition coefficient (Wildman–Crippen LogP) is 5.14. The minimum Gasteiger partial charge on any atom is -0.436 e. The Kier molecular flexibility index (Phi) is 10.8. The number of amides is 4. The number of carbonyl (C=O) groups excluding carboxylic acids is 3. The molecule has 4 aliphatic heterocycles. The van der Waals surface area contributed by atoms with Crippen molar-refractivity contribution in [3.05, 3.63) is 63.1 Å². The Morgan fingerprint density at radius 3 is 2.19 bits per heavy atom. The highest BCUT2D eigenvalue weighted by Gasteiger charge is 2.36. The maximum Gasteiger partial charge on any atom is 0.410 e. The lowest BCUT2D eigenvalue weighted by atomic mass is 10.0. The van der Waals surface area contributed by atoms with Gasteiger partial charge in [-0.3, -0.25) is 9.69 Å². The number of likely N-dealkylation sites (tertiary alicyclic amines) is 2. The van der Waals surface area contributed by atoms with Gasteiger partial charge < -0.3 is 29.7 Å². The van der Waals surface area contributed by atoms with Crippen molar-refractivity contribution < 1.29 is 19.1 Å². The van der Waals surface area contributed by atoms with E-state index >= 15 is 0 Å². The van der Waals surface area contributed by atoms with Crippen molar-refractivity contribution in [2.24, 2.45) is 0 Å². The Morgan fingerprint density at radius 1 is 0.872 bits per heavy atom. The number of piperazine rings is 1. The van der Waals surface area contributed by atoms with E-state index in [9.17, 15) is 14.4 Å². The molecule has 2 aromatic carbocycles. The third-order valence-electron chi connectivity index (χ3n) is 10.4. The zero-order chi connectivity index (χ0) is 33.1. The van der Waals surface area contributed by atoms with E-state index in [-0.39, 0.29) is 24.4 Å². The van der Waals surface area contributed by atoms with E-state index in [1.807, 2.05) is 41.0 Å². The van der Waals surface area contributed by atoms with Crippen LogP contribution in [0.5, 0.6) is 0 Å². The highest BCUT2D eigenvalue weighted by Crippen LogP contribution is 2.28. The zero-order valence-corrected chi connectivity index (χ0v) is 28.9. The molecular formula is C35H46Cl2N6O4. The number of benzene rings is 2. The second-order valence-electron chi connectivity index (χ2n) is 13.4. The van der Waals surface area contributed by atoms with Crippen molar-refractivity contribution >= 4 is 46.9 Å². The summed E-state index contributed by atoms with van der Waals surface area (Å²) >= 11 is 12.9. The van der Waals surface area contributed by atoms with Gasteiger partial charge >= 0.3 is 12.1 Å². The fourth-order valence-electron chi connectivity index (χ4n) is 7.37. The SMILES string of the molecule is Cc1c(Cl)cc(C[C@@H](OC(=O)N2CCC(N3CCc4ccccc4NC3=O)CC2)C(=O)N2CCN(C3CCN(C)CC3)CC2)cc1Cl. The third kappa shape index (κ3) is 7.99. The predicted molar refractivity (Wildman–Crippen MR) is 184 cm³/mol. The minimum absolute atomic E-state index is 0.0171. The van der Waals surface area contributed by atoms with Crippen LogP contribution in [0.2, 0.25) is 10.0 Å². The summed E-state index contributed by atoms with van der Waals surface area (Å²) in [6.45, 7) is 8.37. The van der Waals surface area contributed by atoms with Gasteiger partial charge in [-0.2, -0.15) is 0 Å². The van der Waals surface area contributed by atoms with Gasteiger partial charge in [-0.05, 0) is 94.1 Å². The first-order chi connectivity index (χ1) is 22.7. The van der Waals surface area contributed by atoms with Gasteiger partial charge in [0, 0.05) is 80.1 Å². The number of fused-ring (bicyclic) bond motifs is 1. The summed E-state index contributed by atoms with van der Waals surface area (Å²) < 4.78 is 6.04. The summed E-state index contributed by atoms with van der Waals surface area (Å²) in [7, 11) is 2.17. The lowest BCUT2D eigenvalue weighted by Crippen LogP contribution is -2.56. The van der Waals surface area contributed by atoms with Crippen LogP contribution >= 0.6 is 23.2 Å². The van der Waals surface area contributed by atoms with Crippen molar-refractivity contribution in [3.63, 3.8) is 0 Å². The molecule has 12 heteroatoms. The molecule has 0 aliphatic carbocycles. The van der Waals surface area contributed by atoms with Gasteiger partial charge in [0.2, 0.25) is 0 Å². The summed E-state index contributed by atoms with van der Waals surface area (Å²) in [5.74, 6) is -0.190. The third-order valence-corrected chi connectivity index (χ3v) is 11.2. The Hall–Kier alpha value is -3.05. The van der Waals surface area contributed by atoms with E-state index < -0.39 is 12.2 Å². The van der Waals surface area contributed by atoms with E-state index in [1.54, 1.807) is 17.0 Å². The first-order valence-corrected chi connectivity index (χ1v) is 17.7. The average Bonchev–Trinajstić information content (AvgIpc) is 3.25. The molecule has 0 spiro atoms. The van der Waals surface area contributed by atoms with Crippen molar-refractivity contribution in [3.8, 4) is 0 Å². The molecule has 4 heterocycles. The summed E-state index contributed by atoms with van der Waals surface area (Å²) in [6.07, 6.45) is 3.02. The number of urea groups is 1. The van der Waals surface area contributed by atoms with Crippen molar-refractivity contribution in [1.82, 2.24) is 24.5 Å². The molecule has 3 saturated heterocycles. The average molecular weight is 686 g/mol. The van der Waals surface area contributed by atoms with Gasteiger partial charge in [0.15, 0.2) is 6.10 Å². The second-order valence-corrected chi connectivity index (χ2v) is 14.2. The quantitative estimate of drug-likeness (QED) is 0.453. The van der Waals surface area contributed by atoms with Crippen LogP contribution in [-0.2, 0) is 22.4 Å². The number of para-hydroxylation sites is 1.